The molecule has 6 heavy (non-hydrogen) atoms. The first-order chi connectivity index (χ1) is 2.73. The lowest BCUT2D eigenvalue weighted by molar-refractivity contribution is 0.399. The van der Waals surface area contributed by atoms with Crippen molar-refractivity contribution in [1.82, 2.24) is 0 Å². The Hall–Kier alpha value is 0.177. The van der Waals surface area contributed by atoms with Crippen molar-refractivity contribution in [1.29, 1.82) is 0 Å². The SMILES string of the molecule is CO.C[SiH](C)C. The van der Waals surface area contributed by atoms with Crippen LogP contribution in [0.25, 0.3) is 0 Å². The van der Waals surface area contributed by atoms with Gasteiger partial charge in [0.2, 0.25) is 0 Å². The minimum atomic E-state index is -0.139. The van der Waals surface area contributed by atoms with E-state index in [9.17, 15) is 0 Å². The van der Waals surface area contributed by atoms with Crippen molar-refractivity contribution in [2.75, 3.05) is 7.11 Å². The molecule has 0 aliphatic carbocycles. The molecule has 0 bridgehead atoms. The fourth-order valence-electron chi connectivity index (χ4n) is 0. The molecule has 0 aromatic rings. The fraction of sp³-hybridized carbons (Fsp3) is 1.00. The van der Waals surface area contributed by atoms with Gasteiger partial charge in [0.25, 0.3) is 0 Å². The van der Waals surface area contributed by atoms with Gasteiger partial charge in [0.05, 0.1) is 0 Å². The fourth-order valence-corrected chi connectivity index (χ4v) is 0. The highest BCUT2D eigenvalue weighted by atomic mass is 28.3. The van der Waals surface area contributed by atoms with Crippen LogP contribution in [0.15, 0.2) is 0 Å². The molecule has 1 nitrogen and oxygen atoms in total. The second kappa shape index (κ2) is 8.95. The van der Waals surface area contributed by atoms with Crippen LogP contribution in [0.1, 0.15) is 0 Å². The van der Waals surface area contributed by atoms with Crippen molar-refractivity contribution in [3.8, 4) is 0 Å². The van der Waals surface area contributed by atoms with E-state index in [-0.39, 0.29) is 8.80 Å². The maximum Gasteiger partial charge on any atom is 0.0319 e. The molecule has 0 saturated carbocycles. The van der Waals surface area contributed by atoms with Gasteiger partial charge in [-0.25, -0.2) is 0 Å². The van der Waals surface area contributed by atoms with E-state index in [2.05, 4.69) is 19.6 Å². The molecule has 1 N–H and O–H groups in total. The maximum atomic E-state index is 7.00. The maximum absolute atomic E-state index is 7.00. The predicted molar refractivity (Wildman–Crippen MR) is 32.9 cm³/mol. The van der Waals surface area contributed by atoms with Crippen LogP contribution in [0.2, 0.25) is 19.6 Å². The zero-order valence-corrected chi connectivity index (χ0v) is 6.18. The number of hydrogen-bond acceptors (Lipinski definition) is 1. The summed E-state index contributed by atoms with van der Waals surface area (Å²) in [5, 5.41) is 7.00. The molecule has 0 aromatic heterocycles. The third kappa shape index (κ3) is 1350. The van der Waals surface area contributed by atoms with E-state index in [0.29, 0.717) is 0 Å². The molecule has 0 aliphatic heterocycles. The lowest BCUT2D eigenvalue weighted by Crippen LogP contribution is -1.84. The van der Waals surface area contributed by atoms with E-state index < -0.39 is 0 Å². The first-order valence-corrected chi connectivity index (χ1v) is 5.64. The molecule has 40 valence electrons. The zero-order chi connectivity index (χ0) is 5.58. The Morgan fingerprint density at radius 1 is 1.00 bits per heavy atom. The van der Waals surface area contributed by atoms with Gasteiger partial charge in [-0.15, -0.1) is 0 Å². The molecular weight excluding hydrogens is 92.1 g/mol. The molecule has 0 spiro atoms. The topological polar surface area (TPSA) is 20.2 Å². The molecular formula is C4H14OSi. The molecule has 2 heteroatoms. The number of rotatable bonds is 0. The zero-order valence-electron chi connectivity index (χ0n) is 5.02. The number of aliphatic hydroxyl groups is 1. The van der Waals surface area contributed by atoms with Crippen LogP contribution in [-0.4, -0.2) is 21.0 Å². The quantitative estimate of drug-likeness (QED) is 0.451. The van der Waals surface area contributed by atoms with E-state index in [0.717, 1.165) is 7.11 Å². The molecule has 0 aliphatic rings. The van der Waals surface area contributed by atoms with Crippen molar-refractivity contribution < 1.29 is 5.11 Å². The second-order valence-corrected chi connectivity index (χ2v) is 5.20. The highest BCUT2D eigenvalue weighted by Crippen LogP contribution is 1.68. The Morgan fingerprint density at radius 2 is 1.00 bits per heavy atom. The summed E-state index contributed by atoms with van der Waals surface area (Å²) < 4.78 is 0. The summed E-state index contributed by atoms with van der Waals surface area (Å²) in [5.41, 5.74) is 0. The molecule has 0 amide bonds. The summed E-state index contributed by atoms with van der Waals surface area (Å²) in [4.78, 5) is 0. The highest BCUT2D eigenvalue weighted by Gasteiger charge is 1.71. The molecule has 0 saturated heterocycles. The molecule has 0 atom stereocenters. The van der Waals surface area contributed by atoms with Crippen molar-refractivity contribution in [2.45, 2.75) is 19.6 Å². The average Bonchev–Trinajstić information content (AvgIpc) is 1.41. The van der Waals surface area contributed by atoms with Gasteiger partial charge in [-0.1, -0.05) is 19.6 Å². The van der Waals surface area contributed by atoms with E-state index in [1.165, 1.54) is 0 Å². The Labute approximate surface area is 41.6 Å². The highest BCUT2D eigenvalue weighted by molar-refractivity contribution is 6.54. The Kier molecular flexibility index (Phi) is 14.2. The van der Waals surface area contributed by atoms with Crippen LogP contribution in [0, 0.1) is 0 Å². The average molecular weight is 106 g/mol. The lowest BCUT2D eigenvalue weighted by atomic mass is 11.8. The molecule has 0 radical (unpaired) electrons. The summed E-state index contributed by atoms with van der Waals surface area (Å²) in [6.45, 7) is 6.92. The van der Waals surface area contributed by atoms with Gasteiger partial charge >= 0.3 is 0 Å². The summed E-state index contributed by atoms with van der Waals surface area (Å²) >= 11 is 0. The van der Waals surface area contributed by atoms with E-state index >= 15 is 0 Å². The van der Waals surface area contributed by atoms with Crippen molar-refractivity contribution in [3.63, 3.8) is 0 Å². The summed E-state index contributed by atoms with van der Waals surface area (Å²) in [7, 11) is 0.861. The van der Waals surface area contributed by atoms with E-state index in [1.807, 2.05) is 0 Å². The first-order valence-electron chi connectivity index (χ1n) is 2.18. The van der Waals surface area contributed by atoms with Gasteiger partial charge in [-0.3, -0.25) is 0 Å². The second-order valence-electron chi connectivity index (χ2n) is 1.73. The van der Waals surface area contributed by atoms with Crippen LogP contribution < -0.4 is 0 Å². The first kappa shape index (κ1) is 9.49. The normalized spacial score (nSPS) is 7.00. The van der Waals surface area contributed by atoms with Gasteiger partial charge in [-0.05, 0) is 0 Å². The molecule has 0 fully saturated rings. The van der Waals surface area contributed by atoms with Gasteiger partial charge in [0.1, 0.15) is 0 Å². The van der Waals surface area contributed by atoms with Crippen LogP contribution in [0.5, 0.6) is 0 Å². The molecule has 0 heterocycles. The van der Waals surface area contributed by atoms with Crippen LogP contribution >= 0.6 is 0 Å². The van der Waals surface area contributed by atoms with Gasteiger partial charge in [0.15, 0.2) is 0 Å². The number of hydrogen-bond donors (Lipinski definition) is 1. The summed E-state index contributed by atoms with van der Waals surface area (Å²) in [6.07, 6.45) is 0. The Balaban J connectivity index is 0. The van der Waals surface area contributed by atoms with E-state index in [1.54, 1.807) is 0 Å². The molecule has 0 unspecified atom stereocenters. The monoisotopic (exact) mass is 106 g/mol. The minimum Gasteiger partial charge on any atom is -0.400 e. The summed E-state index contributed by atoms with van der Waals surface area (Å²) in [6, 6.07) is 0. The third-order valence-electron chi connectivity index (χ3n) is 0. The van der Waals surface area contributed by atoms with Crippen LogP contribution in [0.4, 0.5) is 0 Å². The number of aliphatic hydroxyl groups excluding tert-OH is 1. The van der Waals surface area contributed by atoms with E-state index in [4.69, 9.17) is 5.11 Å². The smallest absolute Gasteiger partial charge is 0.0319 e. The lowest BCUT2D eigenvalue weighted by Gasteiger charge is -1.75. The largest absolute Gasteiger partial charge is 0.400 e. The standard InChI is InChI=1S/C3H10Si.CH4O/c1-4(2)3;1-2/h4H,1-3H3;2H,1H3. The molecule has 0 aromatic carbocycles. The Bertz CT molecular complexity index is 12.3. The third-order valence-corrected chi connectivity index (χ3v) is 0. The van der Waals surface area contributed by atoms with Crippen molar-refractivity contribution >= 4 is 8.80 Å². The van der Waals surface area contributed by atoms with Crippen molar-refractivity contribution in [2.24, 2.45) is 0 Å². The van der Waals surface area contributed by atoms with Gasteiger partial charge in [-0.2, -0.15) is 0 Å². The van der Waals surface area contributed by atoms with Crippen LogP contribution in [0.3, 0.4) is 0 Å². The molecule has 0 rings (SSSR count). The summed E-state index contributed by atoms with van der Waals surface area (Å²) in [5.74, 6) is 0. The Morgan fingerprint density at radius 3 is 1.00 bits per heavy atom. The van der Waals surface area contributed by atoms with Crippen molar-refractivity contribution in [3.05, 3.63) is 0 Å². The predicted octanol–water partition coefficient (Wildman–Crippen LogP) is 0.711. The van der Waals surface area contributed by atoms with Crippen LogP contribution in [-0.2, 0) is 0 Å². The van der Waals surface area contributed by atoms with Gasteiger partial charge < -0.3 is 5.11 Å². The van der Waals surface area contributed by atoms with Gasteiger partial charge in [0, 0.05) is 15.9 Å². The minimum absolute atomic E-state index is 0.139.